The Morgan fingerprint density at radius 1 is 1.22 bits per heavy atom. The van der Waals surface area contributed by atoms with Crippen LogP contribution in [0.15, 0.2) is 35.5 Å². The zero-order chi connectivity index (χ0) is 22.2. The summed E-state index contributed by atoms with van der Waals surface area (Å²) in [6.07, 6.45) is 2.22. The summed E-state index contributed by atoms with van der Waals surface area (Å²) in [5.74, 6) is 1.57. The zero-order valence-corrected chi connectivity index (χ0v) is 19.2. The van der Waals surface area contributed by atoms with E-state index < -0.39 is 0 Å². The van der Waals surface area contributed by atoms with Gasteiger partial charge in [-0.1, -0.05) is 23.9 Å². The quantitative estimate of drug-likeness (QED) is 0.453. The number of aromatic nitrogens is 2. The van der Waals surface area contributed by atoms with E-state index in [1.165, 1.54) is 0 Å². The molecule has 32 heavy (non-hydrogen) atoms. The Kier molecular flexibility index (Phi) is 8.33. The van der Waals surface area contributed by atoms with Crippen LogP contribution in [0.4, 0.5) is 5.82 Å². The minimum atomic E-state index is -0.0644. The molecule has 1 unspecified atom stereocenters. The number of amides is 1. The number of benzene rings is 1. The lowest BCUT2D eigenvalue weighted by Gasteiger charge is -2.28. The van der Waals surface area contributed by atoms with Crippen LogP contribution in [-0.2, 0) is 26.6 Å². The van der Waals surface area contributed by atoms with E-state index in [-0.39, 0.29) is 12.0 Å². The lowest BCUT2D eigenvalue weighted by atomic mass is 10.1. The second kappa shape index (κ2) is 11.6. The van der Waals surface area contributed by atoms with Crippen molar-refractivity contribution in [3.63, 3.8) is 0 Å². The van der Waals surface area contributed by atoms with Gasteiger partial charge >= 0.3 is 0 Å². The molecule has 3 heterocycles. The topological polar surface area (TPSA) is 85.8 Å². The van der Waals surface area contributed by atoms with Crippen molar-refractivity contribution in [2.24, 2.45) is 0 Å². The van der Waals surface area contributed by atoms with Crippen LogP contribution in [-0.4, -0.2) is 68.5 Å². The fourth-order valence-electron chi connectivity index (χ4n) is 3.71. The molecule has 2 saturated heterocycles. The molecule has 0 bridgehead atoms. The highest BCUT2D eigenvalue weighted by Gasteiger charge is 2.17. The van der Waals surface area contributed by atoms with E-state index in [9.17, 15) is 4.79 Å². The van der Waals surface area contributed by atoms with Gasteiger partial charge in [-0.2, -0.15) is 0 Å². The summed E-state index contributed by atoms with van der Waals surface area (Å²) >= 11 is 1.58. The number of nitrogens with zero attached hydrogens (tertiary/aromatic N) is 3. The molecule has 2 aliphatic rings. The van der Waals surface area contributed by atoms with Crippen molar-refractivity contribution in [2.45, 2.75) is 36.5 Å². The van der Waals surface area contributed by atoms with E-state index in [1.54, 1.807) is 18.9 Å². The lowest BCUT2D eigenvalue weighted by molar-refractivity contribution is 0.0858. The lowest BCUT2D eigenvalue weighted by Crippen LogP contribution is -2.37. The van der Waals surface area contributed by atoms with E-state index in [0.29, 0.717) is 31.9 Å². The fraction of sp³-hybridized carbons (Fsp3) is 0.522. The third-order valence-corrected chi connectivity index (χ3v) is 6.39. The summed E-state index contributed by atoms with van der Waals surface area (Å²) in [4.78, 5) is 24.0. The summed E-state index contributed by atoms with van der Waals surface area (Å²) in [6.45, 7) is 4.87. The van der Waals surface area contributed by atoms with Gasteiger partial charge in [-0.3, -0.25) is 4.79 Å². The minimum absolute atomic E-state index is 0.0644. The Balaban J connectivity index is 1.35. The number of hydrogen-bond acceptors (Lipinski definition) is 8. The van der Waals surface area contributed by atoms with Crippen molar-refractivity contribution in [3.05, 3.63) is 47.2 Å². The van der Waals surface area contributed by atoms with E-state index >= 15 is 0 Å². The van der Waals surface area contributed by atoms with Crippen LogP contribution >= 0.6 is 11.8 Å². The number of morpholine rings is 1. The molecule has 1 aromatic heterocycles. The van der Waals surface area contributed by atoms with Crippen LogP contribution in [0.3, 0.4) is 0 Å². The molecule has 0 saturated carbocycles. The van der Waals surface area contributed by atoms with Gasteiger partial charge < -0.3 is 24.4 Å². The third-order valence-electron chi connectivity index (χ3n) is 5.47. The highest BCUT2D eigenvalue weighted by molar-refractivity contribution is 7.98. The Bertz CT molecular complexity index is 884. The maximum absolute atomic E-state index is 12.4. The van der Waals surface area contributed by atoms with Crippen molar-refractivity contribution < 1.29 is 19.0 Å². The fourth-order valence-corrected chi connectivity index (χ4v) is 4.54. The van der Waals surface area contributed by atoms with Crippen molar-refractivity contribution in [1.29, 1.82) is 0 Å². The molecule has 1 atom stereocenters. The van der Waals surface area contributed by atoms with E-state index in [4.69, 9.17) is 19.2 Å². The molecule has 8 nitrogen and oxygen atoms in total. The Labute approximate surface area is 193 Å². The van der Waals surface area contributed by atoms with E-state index in [0.717, 1.165) is 60.5 Å². The Morgan fingerprint density at radius 3 is 2.75 bits per heavy atom. The van der Waals surface area contributed by atoms with Crippen LogP contribution in [0.2, 0.25) is 0 Å². The standard InChI is InChI=1S/C23H30N4O4S/c1-29-15-19-13-21(27-8-11-30-12-9-27)26-23(25-19)32-16-17-4-6-18(7-5-17)22(28)24-14-20-3-2-10-31-20/h4-7,13,20H,2-3,8-12,14-16H2,1H3,(H,24,28). The van der Waals surface area contributed by atoms with Crippen molar-refractivity contribution in [1.82, 2.24) is 15.3 Å². The van der Waals surface area contributed by atoms with E-state index in [1.807, 2.05) is 30.3 Å². The number of hydrogen-bond donors (Lipinski definition) is 1. The molecule has 0 aliphatic carbocycles. The first-order valence-corrected chi connectivity index (χ1v) is 12.0. The van der Waals surface area contributed by atoms with Gasteiger partial charge in [0.15, 0.2) is 5.16 Å². The van der Waals surface area contributed by atoms with Crippen molar-refractivity contribution >= 4 is 23.5 Å². The molecule has 0 radical (unpaired) electrons. The van der Waals surface area contributed by atoms with Crippen molar-refractivity contribution in [2.75, 3.05) is 51.5 Å². The molecule has 2 aromatic rings. The maximum atomic E-state index is 12.4. The molecule has 1 N–H and O–H groups in total. The second-order valence-electron chi connectivity index (χ2n) is 7.86. The number of ether oxygens (including phenoxy) is 3. The molecular weight excluding hydrogens is 428 g/mol. The summed E-state index contributed by atoms with van der Waals surface area (Å²) in [5.41, 5.74) is 2.63. The van der Waals surface area contributed by atoms with E-state index in [2.05, 4.69) is 15.2 Å². The molecule has 1 aromatic carbocycles. The number of thioether (sulfide) groups is 1. The molecule has 1 amide bonds. The zero-order valence-electron chi connectivity index (χ0n) is 18.4. The summed E-state index contributed by atoms with van der Waals surface area (Å²) in [6, 6.07) is 9.68. The first kappa shape index (κ1) is 23.0. The van der Waals surface area contributed by atoms with Gasteiger partial charge in [-0.05, 0) is 30.5 Å². The number of carbonyl (C=O) groups is 1. The average Bonchev–Trinajstić information content (AvgIpc) is 3.36. The first-order chi connectivity index (χ1) is 15.7. The summed E-state index contributed by atoms with van der Waals surface area (Å²) in [7, 11) is 1.67. The second-order valence-corrected chi connectivity index (χ2v) is 8.81. The monoisotopic (exact) mass is 458 g/mol. The summed E-state index contributed by atoms with van der Waals surface area (Å²) < 4.78 is 16.3. The largest absolute Gasteiger partial charge is 0.378 e. The Hall–Kier alpha value is -2.20. The SMILES string of the molecule is COCc1cc(N2CCOCC2)nc(SCc2ccc(C(=O)NCC3CCCO3)cc2)n1. The number of rotatable bonds is 9. The highest BCUT2D eigenvalue weighted by Crippen LogP contribution is 2.24. The molecule has 0 spiro atoms. The number of anilines is 1. The predicted molar refractivity (Wildman–Crippen MR) is 123 cm³/mol. The third kappa shape index (κ3) is 6.41. The van der Waals surface area contributed by atoms with Crippen LogP contribution in [0, 0.1) is 0 Å². The molecule has 4 rings (SSSR count). The number of methoxy groups -OCH3 is 1. The van der Waals surface area contributed by atoms with Gasteiger partial charge in [-0.15, -0.1) is 0 Å². The molecule has 2 aliphatic heterocycles. The maximum Gasteiger partial charge on any atom is 0.251 e. The molecule has 9 heteroatoms. The van der Waals surface area contributed by atoms with Crippen LogP contribution < -0.4 is 10.2 Å². The van der Waals surface area contributed by atoms with Gasteiger partial charge in [0.05, 0.1) is 31.6 Å². The van der Waals surface area contributed by atoms with Crippen LogP contribution in [0.25, 0.3) is 0 Å². The summed E-state index contributed by atoms with van der Waals surface area (Å²) in [5, 5.41) is 3.68. The smallest absolute Gasteiger partial charge is 0.251 e. The average molecular weight is 459 g/mol. The first-order valence-electron chi connectivity index (χ1n) is 11.0. The van der Waals surface area contributed by atoms with Gasteiger partial charge in [0, 0.05) is 50.7 Å². The number of carbonyl (C=O) groups excluding carboxylic acids is 1. The normalized spacial score (nSPS) is 18.7. The highest BCUT2D eigenvalue weighted by atomic mass is 32.2. The van der Waals surface area contributed by atoms with Gasteiger partial charge in [-0.25, -0.2) is 9.97 Å². The Morgan fingerprint density at radius 2 is 2.03 bits per heavy atom. The molecule has 2 fully saturated rings. The molecule has 172 valence electrons. The predicted octanol–water partition coefficient (Wildman–Crippen LogP) is 2.66. The molecular formula is C23H30N4O4S. The van der Waals surface area contributed by atoms with Gasteiger partial charge in [0.25, 0.3) is 5.91 Å². The van der Waals surface area contributed by atoms with Gasteiger partial charge in [0.2, 0.25) is 0 Å². The van der Waals surface area contributed by atoms with Gasteiger partial charge in [0.1, 0.15) is 5.82 Å². The number of nitrogens with one attached hydrogen (secondary N) is 1. The van der Waals surface area contributed by atoms with Crippen LogP contribution in [0.5, 0.6) is 0 Å². The van der Waals surface area contributed by atoms with Crippen LogP contribution in [0.1, 0.15) is 34.5 Å². The minimum Gasteiger partial charge on any atom is -0.378 e. The van der Waals surface area contributed by atoms with Crippen molar-refractivity contribution in [3.8, 4) is 0 Å².